The fourth-order valence-electron chi connectivity index (χ4n) is 1.62. The Balaban J connectivity index is 2.25. The van der Waals surface area contributed by atoms with Gasteiger partial charge in [-0.25, -0.2) is 0 Å². The Kier molecular flexibility index (Phi) is 3.16. The Hall–Kier alpha value is -0.0800. The molecule has 1 N–H and O–H groups in total. The molecule has 0 bridgehead atoms. The number of rotatable bonds is 2. The van der Waals surface area contributed by atoms with Crippen LogP contribution in [0.15, 0.2) is 0 Å². The predicted octanol–water partition coefficient (Wildman–Crippen LogP) is 1.16. The van der Waals surface area contributed by atoms with Crippen molar-refractivity contribution in [2.24, 2.45) is 0 Å². The SMILES string of the molecule is CN[C@H]1CCC[C@H](OC)C1. The minimum atomic E-state index is 0.506. The van der Waals surface area contributed by atoms with Crippen molar-refractivity contribution in [2.45, 2.75) is 37.8 Å². The molecule has 1 aliphatic carbocycles. The van der Waals surface area contributed by atoms with Gasteiger partial charge in [-0.05, 0) is 32.7 Å². The largest absolute Gasteiger partial charge is 0.381 e. The first-order valence-electron chi connectivity index (χ1n) is 4.07. The first kappa shape index (κ1) is 8.02. The Morgan fingerprint density at radius 1 is 1.40 bits per heavy atom. The highest BCUT2D eigenvalue weighted by Crippen LogP contribution is 2.19. The quantitative estimate of drug-likeness (QED) is 0.626. The molecule has 0 spiro atoms. The molecule has 0 aromatic heterocycles. The lowest BCUT2D eigenvalue weighted by Gasteiger charge is -2.27. The standard InChI is InChI=1S/C8H17NO/c1-9-7-4-3-5-8(6-7)10-2/h7-9H,3-6H2,1-2H3/t7-,8-/m0/s1. The van der Waals surface area contributed by atoms with Gasteiger partial charge in [0.05, 0.1) is 6.10 Å². The van der Waals surface area contributed by atoms with Gasteiger partial charge >= 0.3 is 0 Å². The van der Waals surface area contributed by atoms with Gasteiger partial charge in [0.2, 0.25) is 0 Å². The van der Waals surface area contributed by atoms with Gasteiger partial charge in [-0.1, -0.05) is 0 Å². The molecule has 0 aromatic rings. The fraction of sp³-hybridized carbons (Fsp3) is 1.00. The molecule has 0 unspecified atom stereocenters. The maximum atomic E-state index is 5.28. The van der Waals surface area contributed by atoms with Crippen LogP contribution < -0.4 is 5.32 Å². The van der Waals surface area contributed by atoms with Crippen molar-refractivity contribution in [3.05, 3.63) is 0 Å². The van der Waals surface area contributed by atoms with Crippen molar-refractivity contribution in [1.82, 2.24) is 5.32 Å². The third-order valence-electron chi connectivity index (χ3n) is 2.37. The summed E-state index contributed by atoms with van der Waals surface area (Å²) in [6.07, 6.45) is 5.56. The molecule has 1 rings (SSSR count). The second-order valence-electron chi connectivity index (χ2n) is 3.01. The van der Waals surface area contributed by atoms with Crippen molar-refractivity contribution in [1.29, 1.82) is 0 Å². The van der Waals surface area contributed by atoms with Crippen LogP contribution in [-0.2, 0) is 4.74 Å². The molecule has 1 saturated carbocycles. The number of hydrogen-bond acceptors (Lipinski definition) is 2. The first-order chi connectivity index (χ1) is 4.86. The van der Waals surface area contributed by atoms with E-state index in [0.29, 0.717) is 12.1 Å². The van der Waals surface area contributed by atoms with Gasteiger partial charge in [0, 0.05) is 13.2 Å². The van der Waals surface area contributed by atoms with Crippen LogP contribution in [0.4, 0.5) is 0 Å². The first-order valence-corrected chi connectivity index (χ1v) is 4.07. The molecule has 10 heavy (non-hydrogen) atoms. The molecule has 2 heteroatoms. The molecule has 1 fully saturated rings. The fourth-order valence-corrected chi connectivity index (χ4v) is 1.62. The minimum Gasteiger partial charge on any atom is -0.381 e. The lowest BCUT2D eigenvalue weighted by atomic mass is 9.93. The average molecular weight is 143 g/mol. The molecule has 60 valence electrons. The molecule has 1 aliphatic rings. The van der Waals surface area contributed by atoms with Crippen LogP contribution in [0.1, 0.15) is 25.7 Å². The van der Waals surface area contributed by atoms with Crippen molar-refractivity contribution in [3.63, 3.8) is 0 Å². The van der Waals surface area contributed by atoms with E-state index in [1.165, 1.54) is 25.7 Å². The average Bonchev–Trinajstić information content (AvgIpc) is 2.05. The summed E-state index contributed by atoms with van der Waals surface area (Å²) in [6, 6.07) is 0.693. The van der Waals surface area contributed by atoms with Gasteiger partial charge < -0.3 is 10.1 Å². The Morgan fingerprint density at radius 3 is 2.80 bits per heavy atom. The molecule has 2 atom stereocenters. The number of methoxy groups -OCH3 is 1. The lowest BCUT2D eigenvalue weighted by Crippen LogP contribution is -2.34. The maximum Gasteiger partial charge on any atom is 0.0586 e. The number of ether oxygens (including phenoxy) is 1. The normalized spacial score (nSPS) is 34.2. The van der Waals surface area contributed by atoms with Crippen molar-refractivity contribution in [2.75, 3.05) is 14.2 Å². The predicted molar refractivity (Wildman–Crippen MR) is 42.1 cm³/mol. The van der Waals surface area contributed by atoms with Gasteiger partial charge in [0.25, 0.3) is 0 Å². The summed E-state index contributed by atoms with van der Waals surface area (Å²) < 4.78 is 5.28. The van der Waals surface area contributed by atoms with Crippen molar-refractivity contribution < 1.29 is 4.74 Å². The Morgan fingerprint density at radius 2 is 2.20 bits per heavy atom. The lowest BCUT2D eigenvalue weighted by molar-refractivity contribution is 0.0601. The third-order valence-corrected chi connectivity index (χ3v) is 2.37. The molecular weight excluding hydrogens is 126 g/mol. The zero-order chi connectivity index (χ0) is 7.40. The van der Waals surface area contributed by atoms with E-state index < -0.39 is 0 Å². The van der Waals surface area contributed by atoms with Crippen molar-refractivity contribution >= 4 is 0 Å². The van der Waals surface area contributed by atoms with Crippen LogP contribution in [0.2, 0.25) is 0 Å². The van der Waals surface area contributed by atoms with E-state index >= 15 is 0 Å². The highest BCUT2D eigenvalue weighted by atomic mass is 16.5. The summed E-state index contributed by atoms with van der Waals surface area (Å²) >= 11 is 0. The number of hydrogen-bond donors (Lipinski definition) is 1. The van der Waals surface area contributed by atoms with E-state index in [1.54, 1.807) is 0 Å². The smallest absolute Gasteiger partial charge is 0.0586 e. The van der Waals surface area contributed by atoms with Gasteiger partial charge in [-0.3, -0.25) is 0 Å². The van der Waals surface area contributed by atoms with Gasteiger partial charge in [-0.2, -0.15) is 0 Å². The summed E-state index contributed by atoms with van der Waals surface area (Å²) in [5.74, 6) is 0. The molecule has 0 radical (unpaired) electrons. The van der Waals surface area contributed by atoms with Crippen LogP contribution in [0.5, 0.6) is 0 Å². The van der Waals surface area contributed by atoms with Gasteiger partial charge in [-0.15, -0.1) is 0 Å². The van der Waals surface area contributed by atoms with Crippen LogP contribution in [0, 0.1) is 0 Å². The van der Waals surface area contributed by atoms with E-state index in [1.807, 2.05) is 14.2 Å². The molecular formula is C8H17NO. The summed E-state index contributed by atoms with van der Waals surface area (Å²) in [6.45, 7) is 0. The second kappa shape index (κ2) is 3.94. The minimum absolute atomic E-state index is 0.506. The highest BCUT2D eigenvalue weighted by molar-refractivity contribution is 4.76. The zero-order valence-electron chi connectivity index (χ0n) is 6.89. The Labute approximate surface area is 63.0 Å². The molecule has 0 saturated heterocycles. The zero-order valence-corrected chi connectivity index (χ0v) is 6.89. The molecule has 0 aromatic carbocycles. The van der Waals surface area contributed by atoms with Gasteiger partial charge in [0.1, 0.15) is 0 Å². The second-order valence-corrected chi connectivity index (χ2v) is 3.01. The van der Waals surface area contributed by atoms with Crippen molar-refractivity contribution in [3.8, 4) is 0 Å². The number of nitrogens with one attached hydrogen (secondary N) is 1. The van der Waals surface area contributed by atoms with E-state index in [9.17, 15) is 0 Å². The topological polar surface area (TPSA) is 21.3 Å². The van der Waals surface area contributed by atoms with E-state index in [0.717, 1.165) is 0 Å². The molecule has 0 heterocycles. The molecule has 0 amide bonds. The highest BCUT2D eigenvalue weighted by Gasteiger charge is 2.19. The Bertz CT molecular complexity index is 85.3. The van der Waals surface area contributed by atoms with Crippen LogP contribution in [0.3, 0.4) is 0 Å². The van der Waals surface area contributed by atoms with Crippen LogP contribution in [-0.4, -0.2) is 26.3 Å². The van der Waals surface area contributed by atoms with Gasteiger partial charge in [0.15, 0.2) is 0 Å². The van der Waals surface area contributed by atoms with E-state index in [2.05, 4.69) is 5.32 Å². The summed E-state index contributed by atoms with van der Waals surface area (Å²) in [7, 11) is 3.84. The van der Waals surface area contributed by atoms with E-state index in [-0.39, 0.29) is 0 Å². The van der Waals surface area contributed by atoms with E-state index in [4.69, 9.17) is 4.74 Å². The molecule has 2 nitrogen and oxygen atoms in total. The summed E-state index contributed by atoms with van der Waals surface area (Å²) in [5, 5.41) is 3.29. The summed E-state index contributed by atoms with van der Waals surface area (Å²) in [4.78, 5) is 0. The van der Waals surface area contributed by atoms with Crippen LogP contribution >= 0.6 is 0 Å². The third kappa shape index (κ3) is 1.96. The summed E-state index contributed by atoms with van der Waals surface area (Å²) in [5.41, 5.74) is 0. The molecule has 0 aliphatic heterocycles. The maximum absolute atomic E-state index is 5.28. The van der Waals surface area contributed by atoms with Crippen LogP contribution in [0.25, 0.3) is 0 Å². The monoisotopic (exact) mass is 143 g/mol.